The van der Waals surface area contributed by atoms with Gasteiger partial charge < -0.3 is 24.7 Å². The Morgan fingerprint density at radius 2 is 2.10 bits per heavy atom. The molecule has 0 bridgehead atoms. The highest BCUT2D eigenvalue weighted by molar-refractivity contribution is 7.42. The molecular formula is C9H16N3O7P. The summed E-state index contributed by atoms with van der Waals surface area (Å²) < 4.78 is 6.45. The highest BCUT2D eigenvalue weighted by atomic mass is 31.2. The third-order valence-corrected chi connectivity index (χ3v) is 2.55. The van der Waals surface area contributed by atoms with E-state index in [1.807, 2.05) is 0 Å². The number of H-pyrrole nitrogens is 1. The molecule has 0 spiro atoms. The molecular weight excluding hydrogens is 293 g/mol. The Kier molecular flexibility index (Phi) is 6.43. The van der Waals surface area contributed by atoms with Crippen molar-refractivity contribution < 1.29 is 24.7 Å². The zero-order chi connectivity index (χ0) is 15.3. The third-order valence-electron chi connectivity index (χ3n) is 2.55. The van der Waals surface area contributed by atoms with Gasteiger partial charge in [-0.1, -0.05) is 0 Å². The van der Waals surface area contributed by atoms with Crippen molar-refractivity contribution in [2.75, 3.05) is 6.61 Å². The number of aliphatic hydroxyl groups is 2. The summed E-state index contributed by atoms with van der Waals surface area (Å²) in [5.74, 6) is 0. The van der Waals surface area contributed by atoms with Crippen LogP contribution >= 0.6 is 8.53 Å². The van der Waals surface area contributed by atoms with Crippen molar-refractivity contribution >= 4 is 8.53 Å². The number of ether oxygens (including phenoxy) is 1. The molecule has 0 radical (unpaired) electrons. The van der Waals surface area contributed by atoms with Crippen LogP contribution < -0.4 is 16.8 Å². The van der Waals surface area contributed by atoms with E-state index in [1.54, 1.807) is 0 Å². The van der Waals surface area contributed by atoms with Gasteiger partial charge in [0.15, 0.2) is 0 Å². The molecule has 114 valence electrons. The number of nitrogens with zero attached hydrogens (tertiary/aromatic N) is 1. The lowest BCUT2D eigenvalue weighted by Crippen LogP contribution is -2.31. The number of aromatic amines is 1. The Morgan fingerprint density at radius 1 is 1.50 bits per heavy atom. The van der Waals surface area contributed by atoms with Crippen LogP contribution in [0.25, 0.3) is 0 Å². The first-order valence-corrected chi connectivity index (χ1v) is 6.85. The number of aliphatic hydroxyl groups excluding tert-OH is 2. The van der Waals surface area contributed by atoms with E-state index in [1.165, 1.54) is 16.8 Å². The summed E-state index contributed by atoms with van der Waals surface area (Å²) in [6.07, 6.45) is -0.649. The summed E-state index contributed by atoms with van der Waals surface area (Å²) in [7, 11) is -2.12. The predicted octanol–water partition coefficient (Wildman–Crippen LogP) is -2.67. The normalized spacial score (nSPS) is 25.4. The van der Waals surface area contributed by atoms with Crippen molar-refractivity contribution in [1.29, 1.82) is 0 Å². The largest absolute Gasteiger partial charge is 0.394 e. The second kappa shape index (κ2) is 7.60. The van der Waals surface area contributed by atoms with Crippen LogP contribution in [0.4, 0.5) is 0 Å². The standard InChI is InChI=1S/C9H12N2O5.H4NO2P/c12-4-6-5(13)3-8(16-6)11-2-1-7(14)10-9(11)15;1-4(2)3/h1-2,5-6,8,12-13H,3-4H2,(H,10,14,15);2-3H,1H2/t5-,6+,8?;/m0./s1. The fourth-order valence-electron chi connectivity index (χ4n) is 1.70. The molecule has 1 aliphatic heterocycles. The summed E-state index contributed by atoms with van der Waals surface area (Å²) >= 11 is 0. The maximum absolute atomic E-state index is 11.4. The van der Waals surface area contributed by atoms with Gasteiger partial charge in [-0.25, -0.2) is 4.79 Å². The van der Waals surface area contributed by atoms with Gasteiger partial charge in [0.05, 0.1) is 12.7 Å². The highest BCUT2D eigenvalue weighted by Crippen LogP contribution is 2.26. The Bertz CT molecular complexity index is 528. The molecule has 2 rings (SSSR count). The van der Waals surface area contributed by atoms with Crippen molar-refractivity contribution in [2.24, 2.45) is 5.50 Å². The number of aromatic nitrogens is 2. The van der Waals surface area contributed by atoms with E-state index in [0.29, 0.717) is 0 Å². The molecule has 0 saturated carbocycles. The van der Waals surface area contributed by atoms with Crippen LogP contribution in [0.2, 0.25) is 0 Å². The zero-order valence-electron chi connectivity index (χ0n) is 10.3. The molecule has 10 nitrogen and oxygen atoms in total. The van der Waals surface area contributed by atoms with E-state index in [2.05, 4.69) is 10.5 Å². The van der Waals surface area contributed by atoms with Gasteiger partial charge in [-0.2, -0.15) is 0 Å². The topological polar surface area (TPSA) is 171 Å². The Labute approximate surface area is 114 Å². The summed E-state index contributed by atoms with van der Waals surface area (Å²) in [6.45, 7) is -0.310. The maximum atomic E-state index is 11.4. The minimum Gasteiger partial charge on any atom is -0.394 e. The fourth-order valence-corrected chi connectivity index (χ4v) is 1.70. The predicted molar refractivity (Wildman–Crippen MR) is 68.5 cm³/mol. The third kappa shape index (κ3) is 4.76. The van der Waals surface area contributed by atoms with Gasteiger partial charge in [-0.15, -0.1) is 0 Å². The molecule has 11 heteroatoms. The SMILES string of the molecule is NP(O)O.O=c1ccn(C2C[C@H](O)[C@@H](CO)O2)c(=O)[nH]1. The first kappa shape index (κ1) is 16.9. The lowest BCUT2D eigenvalue weighted by Gasteiger charge is -2.13. The van der Waals surface area contributed by atoms with Crippen molar-refractivity contribution in [3.8, 4) is 0 Å². The second-order valence-electron chi connectivity index (χ2n) is 3.95. The van der Waals surface area contributed by atoms with E-state index in [4.69, 9.17) is 19.6 Å². The Morgan fingerprint density at radius 3 is 2.55 bits per heavy atom. The molecule has 2 heterocycles. The van der Waals surface area contributed by atoms with Gasteiger partial charge in [0.2, 0.25) is 8.53 Å². The van der Waals surface area contributed by atoms with Gasteiger partial charge in [0.25, 0.3) is 5.56 Å². The smallest absolute Gasteiger partial charge is 0.330 e. The van der Waals surface area contributed by atoms with Gasteiger partial charge in [0.1, 0.15) is 12.3 Å². The average molecular weight is 309 g/mol. The van der Waals surface area contributed by atoms with Gasteiger partial charge >= 0.3 is 5.69 Å². The lowest BCUT2D eigenvalue weighted by atomic mass is 10.2. The van der Waals surface area contributed by atoms with E-state index in [-0.39, 0.29) is 13.0 Å². The van der Waals surface area contributed by atoms with Crippen LogP contribution in [0.15, 0.2) is 21.9 Å². The minimum atomic E-state index is -2.12. The quantitative estimate of drug-likeness (QED) is 0.321. The molecule has 1 unspecified atom stereocenters. The van der Waals surface area contributed by atoms with Crippen LogP contribution in [0, 0.1) is 0 Å². The van der Waals surface area contributed by atoms with Gasteiger partial charge in [-0.05, 0) is 0 Å². The van der Waals surface area contributed by atoms with Crippen molar-refractivity contribution in [1.82, 2.24) is 9.55 Å². The summed E-state index contributed by atoms with van der Waals surface area (Å²) in [5, 5.41) is 18.4. The minimum absolute atomic E-state index is 0.206. The molecule has 1 aromatic heterocycles. The lowest BCUT2D eigenvalue weighted by molar-refractivity contribution is -0.0459. The number of hydrogen-bond donors (Lipinski definition) is 6. The van der Waals surface area contributed by atoms with Gasteiger partial charge in [0, 0.05) is 18.7 Å². The molecule has 1 aromatic rings. The van der Waals surface area contributed by atoms with E-state index in [9.17, 15) is 14.7 Å². The molecule has 3 atom stereocenters. The second-order valence-corrected chi connectivity index (χ2v) is 4.59. The fraction of sp³-hybridized carbons (Fsp3) is 0.556. The molecule has 0 aromatic carbocycles. The van der Waals surface area contributed by atoms with Crippen LogP contribution in [0.5, 0.6) is 0 Å². The number of hydrogen-bond acceptors (Lipinski definition) is 8. The molecule has 7 N–H and O–H groups in total. The monoisotopic (exact) mass is 309 g/mol. The summed E-state index contributed by atoms with van der Waals surface area (Å²) in [4.78, 5) is 39.3. The van der Waals surface area contributed by atoms with E-state index >= 15 is 0 Å². The molecule has 0 aliphatic carbocycles. The number of nitrogens with one attached hydrogen (secondary N) is 1. The maximum Gasteiger partial charge on any atom is 0.330 e. The molecule has 1 saturated heterocycles. The molecule has 20 heavy (non-hydrogen) atoms. The summed E-state index contributed by atoms with van der Waals surface area (Å²) in [5.41, 5.74) is 3.21. The molecule has 1 aliphatic rings. The first-order chi connectivity index (χ1) is 9.35. The molecule has 0 amide bonds. The van der Waals surface area contributed by atoms with Crippen LogP contribution in [-0.4, -0.2) is 48.4 Å². The Balaban J connectivity index is 0.000000444. The average Bonchev–Trinajstić information content (AvgIpc) is 2.69. The first-order valence-electron chi connectivity index (χ1n) is 5.53. The van der Waals surface area contributed by atoms with Crippen molar-refractivity contribution in [2.45, 2.75) is 24.9 Å². The van der Waals surface area contributed by atoms with E-state index in [0.717, 1.165) is 0 Å². The number of nitrogens with two attached hydrogens (primary N) is 1. The van der Waals surface area contributed by atoms with Gasteiger partial charge in [-0.3, -0.25) is 19.8 Å². The van der Waals surface area contributed by atoms with E-state index < -0.39 is 38.2 Å². The highest BCUT2D eigenvalue weighted by Gasteiger charge is 2.34. The van der Waals surface area contributed by atoms with Crippen molar-refractivity contribution in [3.63, 3.8) is 0 Å². The zero-order valence-corrected chi connectivity index (χ0v) is 11.2. The van der Waals surface area contributed by atoms with Crippen molar-refractivity contribution in [3.05, 3.63) is 33.1 Å². The molecule has 1 fully saturated rings. The summed E-state index contributed by atoms with van der Waals surface area (Å²) in [6, 6.07) is 1.20. The Hall–Kier alpha value is -1.13. The number of rotatable bonds is 2. The van der Waals surface area contributed by atoms with Crippen LogP contribution in [-0.2, 0) is 4.74 Å². The van der Waals surface area contributed by atoms with Crippen LogP contribution in [0.1, 0.15) is 12.6 Å². The van der Waals surface area contributed by atoms with Crippen LogP contribution in [0.3, 0.4) is 0 Å².